The molecule has 2 aromatic rings. The monoisotopic (exact) mass is 260 g/mol. The van der Waals surface area contributed by atoms with Crippen LogP contribution in [0.4, 0.5) is 5.82 Å². The van der Waals surface area contributed by atoms with Gasteiger partial charge in [-0.2, -0.15) is 5.10 Å². The molecule has 0 bridgehead atoms. The van der Waals surface area contributed by atoms with Crippen LogP contribution in [0.3, 0.4) is 0 Å². The summed E-state index contributed by atoms with van der Waals surface area (Å²) in [5.41, 5.74) is 1.98. The van der Waals surface area contributed by atoms with Crippen LogP contribution >= 0.6 is 0 Å². The third-order valence-corrected chi connectivity index (χ3v) is 3.55. The van der Waals surface area contributed by atoms with Crippen LogP contribution in [0.2, 0.25) is 0 Å². The highest BCUT2D eigenvalue weighted by molar-refractivity contribution is 5.68. The Labute approximate surface area is 113 Å². The molecule has 0 aliphatic carbocycles. The highest BCUT2D eigenvalue weighted by Gasteiger charge is 2.29. The van der Waals surface area contributed by atoms with Crippen molar-refractivity contribution >= 4 is 11.3 Å². The van der Waals surface area contributed by atoms with Crippen molar-refractivity contribution in [2.75, 3.05) is 11.9 Å². The quantitative estimate of drug-likeness (QED) is 0.901. The maximum Gasteiger partial charge on any atom is 0.152 e. The summed E-state index contributed by atoms with van der Waals surface area (Å²) in [4.78, 5) is 4.45. The van der Waals surface area contributed by atoms with E-state index in [1.54, 1.807) is 6.20 Å². The van der Waals surface area contributed by atoms with E-state index in [4.69, 9.17) is 4.74 Å². The number of anilines is 1. The van der Waals surface area contributed by atoms with Crippen LogP contribution in [0.15, 0.2) is 18.5 Å². The third-order valence-electron chi connectivity index (χ3n) is 3.55. The number of aryl methyl sites for hydroxylation is 1. The van der Waals surface area contributed by atoms with Crippen LogP contribution in [0.1, 0.15) is 32.4 Å². The minimum absolute atomic E-state index is 0.0584. The molecule has 1 aliphatic heterocycles. The average molecular weight is 260 g/mol. The molecule has 0 amide bonds. The van der Waals surface area contributed by atoms with E-state index in [-0.39, 0.29) is 5.60 Å². The molecule has 1 unspecified atom stereocenters. The first kappa shape index (κ1) is 12.4. The van der Waals surface area contributed by atoms with Crippen LogP contribution in [0.5, 0.6) is 0 Å². The molecule has 0 spiro atoms. The molecule has 1 N–H and O–H groups in total. The zero-order chi connectivity index (χ0) is 13.5. The Bertz CT molecular complexity index is 590. The Kier molecular flexibility index (Phi) is 2.93. The smallest absolute Gasteiger partial charge is 0.152 e. The Balaban J connectivity index is 1.85. The summed E-state index contributed by atoms with van der Waals surface area (Å²) in [5.74, 6) is 0.908. The number of ether oxygens (including phenoxy) is 1. The predicted octanol–water partition coefficient (Wildman–Crippen LogP) is 2.41. The first-order valence-electron chi connectivity index (χ1n) is 6.75. The average Bonchev–Trinajstić information content (AvgIpc) is 2.69. The van der Waals surface area contributed by atoms with Crippen molar-refractivity contribution in [3.8, 4) is 0 Å². The second-order valence-electron chi connectivity index (χ2n) is 5.83. The van der Waals surface area contributed by atoms with Crippen molar-refractivity contribution in [1.82, 2.24) is 14.6 Å². The van der Waals surface area contributed by atoms with Gasteiger partial charge in [-0.05, 0) is 39.7 Å². The molecule has 102 valence electrons. The SMILES string of the molecule is Cc1cc2c(NC3CCOC(C)(C)C3)nccn2n1. The molecule has 0 saturated carbocycles. The summed E-state index contributed by atoms with van der Waals surface area (Å²) in [6.07, 6.45) is 5.66. The highest BCUT2D eigenvalue weighted by Crippen LogP contribution is 2.27. The Morgan fingerprint density at radius 1 is 1.47 bits per heavy atom. The van der Waals surface area contributed by atoms with E-state index >= 15 is 0 Å². The van der Waals surface area contributed by atoms with E-state index in [0.29, 0.717) is 6.04 Å². The van der Waals surface area contributed by atoms with Crippen LogP contribution in [0.25, 0.3) is 5.52 Å². The van der Waals surface area contributed by atoms with Gasteiger partial charge in [0.2, 0.25) is 0 Å². The van der Waals surface area contributed by atoms with Crippen molar-refractivity contribution in [3.63, 3.8) is 0 Å². The summed E-state index contributed by atoms with van der Waals surface area (Å²) < 4.78 is 7.62. The first-order chi connectivity index (χ1) is 9.03. The Morgan fingerprint density at radius 3 is 3.11 bits per heavy atom. The van der Waals surface area contributed by atoms with Crippen LogP contribution in [0, 0.1) is 6.92 Å². The standard InChI is InChI=1S/C14H20N4O/c1-10-8-12-13(15-5-6-18(12)17-10)16-11-4-7-19-14(2,3)9-11/h5-6,8,11H,4,7,9H2,1-3H3,(H,15,16). The van der Waals surface area contributed by atoms with Gasteiger partial charge in [0, 0.05) is 25.0 Å². The zero-order valence-corrected chi connectivity index (χ0v) is 11.7. The van der Waals surface area contributed by atoms with Gasteiger partial charge in [-0.15, -0.1) is 0 Å². The highest BCUT2D eigenvalue weighted by atomic mass is 16.5. The molecule has 1 saturated heterocycles. The summed E-state index contributed by atoms with van der Waals surface area (Å²) in [6.45, 7) is 7.07. The van der Waals surface area contributed by atoms with Crippen LogP contribution < -0.4 is 5.32 Å². The summed E-state index contributed by atoms with van der Waals surface area (Å²) in [6, 6.07) is 2.46. The molecule has 1 aliphatic rings. The van der Waals surface area contributed by atoms with Gasteiger partial charge >= 0.3 is 0 Å². The van der Waals surface area contributed by atoms with E-state index in [2.05, 4.69) is 35.3 Å². The van der Waals surface area contributed by atoms with Gasteiger partial charge in [0.25, 0.3) is 0 Å². The molecule has 0 aromatic carbocycles. The molecular formula is C14H20N4O. The molecule has 1 atom stereocenters. The molecule has 3 rings (SSSR count). The topological polar surface area (TPSA) is 51.5 Å². The fourth-order valence-corrected chi connectivity index (χ4v) is 2.70. The van der Waals surface area contributed by atoms with Crippen molar-refractivity contribution in [3.05, 3.63) is 24.2 Å². The maximum absolute atomic E-state index is 5.75. The van der Waals surface area contributed by atoms with Gasteiger partial charge in [0.15, 0.2) is 5.82 Å². The van der Waals surface area contributed by atoms with E-state index in [1.807, 2.05) is 17.6 Å². The van der Waals surface area contributed by atoms with Gasteiger partial charge in [0.05, 0.1) is 11.3 Å². The van der Waals surface area contributed by atoms with Crippen molar-refractivity contribution < 1.29 is 4.74 Å². The summed E-state index contributed by atoms with van der Waals surface area (Å²) in [5, 5.41) is 7.95. The van der Waals surface area contributed by atoms with Gasteiger partial charge in [-0.1, -0.05) is 0 Å². The Morgan fingerprint density at radius 2 is 2.32 bits per heavy atom. The normalized spacial score (nSPS) is 22.6. The third kappa shape index (κ3) is 2.56. The lowest BCUT2D eigenvalue weighted by Gasteiger charge is -2.36. The van der Waals surface area contributed by atoms with Crippen molar-refractivity contribution in [2.45, 2.75) is 45.3 Å². The lowest BCUT2D eigenvalue weighted by atomic mass is 9.94. The fourth-order valence-electron chi connectivity index (χ4n) is 2.70. The minimum Gasteiger partial charge on any atom is -0.375 e. The van der Waals surface area contributed by atoms with Gasteiger partial charge in [-0.3, -0.25) is 0 Å². The molecule has 0 radical (unpaired) electrons. The second kappa shape index (κ2) is 4.49. The molecule has 1 fully saturated rings. The van der Waals surface area contributed by atoms with Crippen molar-refractivity contribution in [2.24, 2.45) is 0 Å². The molecule has 5 heteroatoms. The number of hydrogen-bond donors (Lipinski definition) is 1. The van der Waals surface area contributed by atoms with E-state index in [9.17, 15) is 0 Å². The number of nitrogens with zero attached hydrogens (tertiary/aromatic N) is 3. The minimum atomic E-state index is -0.0584. The predicted molar refractivity (Wildman–Crippen MR) is 74.4 cm³/mol. The largest absolute Gasteiger partial charge is 0.375 e. The zero-order valence-electron chi connectivity index (χ0n) is 11.7. The van der Waals surface area contributed by atoms with Crippen LogP contribution in [-0.4, -0.2) is 32.8 Å². The van der Waals surface area contributed by atoms with E-state index in [1.165, 1.54) is 0 Å². The molecule has 3 heterocycles. The number of nitrogens with one attached hydrogen (secondary N) is 1. The number of fused-ring (bicyclic) bond motifs is 1. The number of hydrogen-bond acceptors (Lipinski definition) is 4. The lowest BCUT2D eigenvalue weighted by molar-refractivity contribution is -0.0553. The number of aromatic nitrogens is 3. The fraction of sp³-hybridized carbons (Fsp3) is 0.571. The summed E-state index contributed by atoms with van der Waals surface area (Å²) >= 11 is 0. The molecule has 5 nitrogen and oxygen atoms in total. The maximum atomic E-state index is 5.75. The van der Waals surface area contributed by atoms with Gasteiger partial charge < -0.3 is 10.1 Å². The Hall–Kier alpha value is -1.62. The van der Waals surface area contributed by atoms with Crippen molar-refractivity contribution in [1.29, 1.82) is 0 Å². The van der Waals surface area contributed by atoms with Crippen LogP contribution in [-0.2, 0) is 4.74 Å². The second-order valence-corrected chi connectivity index (χ2v) is 5.83. The van der Waals surface area contributed by atoms with E-state index in [0.717, 1.165) is 36.5 Å². The molecule has 2 aromatic heterocycles. The van der Waals surface area contributed by atoms with Gasteiger partial charge in [0.1, 0.15) is 5.52 Å². The molecular weight excluding hydrogens is 240 g/mol. The lowest BCUT2D eigenvalue weighted by Crippen LogP contribution is -2.40. The number of rotatable bonds is 2. The molecule has 19 heavy (non-hydrogen) atoms. The first-order valence-corrected chi connectivity index (χ1v) is 6.75. The van der Waals surface area contributed by atoms with E-state index < -0.39 is 0 Å². The summed E-state index contributed by atoms with van der Waals surface area (Å²) in [7, 11) is 0. The van der Waals surface area contributed by atoms with Gasteiger partial charge in [-0.25, -0.2) is 9.50 Å².